The number of phenolic OH excluding ortho intramolecular Hbond substituents is 2. The maximum Gasteiger partial charge on any atom is 0.326 e. The molecule has 0 unspecified atom stereocenters. The molecule has 0 fully saturated rings. The summed E-state index contributed by atoms with van der Waals surface area (Å²) in [6, 6.07) is 61.0. The van der Waals surface area contributed by atoms with E-state index < -0.39 is 22.6 Å². The van der Waals surface area contributed by atoms with Crippen molar-refractivity contribution in [1.82, 2.24) is 20.8 Å². The molecule has 0 atom stereocenters. The van der Waals surface area contributed by atoms with Gasteiger partial charge in [-0.15, -0.1) is 10.2 Å². The lowest BCUT2D eigenvalue weighted by atomic mass is 10.00. The van der Waals surface area contributed by atoms with Crippen LogP contribution < -0.4 is 26.5 Å². The summed E-state index contributed by atoms with van der Waals surface area (Å²) in [7, 11) is 1.60. The molecule has 0 bridgehead atoms. The van der Waals surface area contributed by atoms with Crippen LogP contribution in [0.4, 0.5) is 67.4 Å². The fourth-order valence-electron chi connectivity index (χ4n) is 10.9. The van der Waals surface area contributed by atoms with Crippen molar-refractivity contribution in [3.05, 3.63) is 233 Å². The molecule has 0 aliphatic heterocycles. The first-order chi connectivity index (χ1) is 43.9. The van der Waals surface area contributed by atoms with Crippen molar-refractivity contribution in [2.24, 2.45) is 30.7 Å². The smallest absolute Gasteiger partial charge is 0.326 e. The number of nitrogens with one attached hydrogen (secondary N) is 6. The molecule has 22 nitrogen and oxygen atoms in total. The Morgan fingerprint density at radius 1 is 0.567 bits per heavy atom. The Bertz CT molecular complexity index is 5050. The minimum atomic E-state index is -0.987. The molecule has 0 saturated carbocycles. The fraction of sp³-hybridized carbons (Fsp3) is 0.0588. The van der Waals surface area contributed by atoms with Gasteiger partial charge in [0.25, 0.3) is 11.6 Å². The Morgan fingerprint density at radius 2 is 1.11 bits per heavy atom. The first kappa shape index (κ1) is 56.9. The number of hydroxylamine groups is 1. The molecule has 0 aliphatic carbocycles. The van der Waals surface area contributed by atoms with E-state index in [0.717, 1.165) is 77.9 Å². The van der Waals surface area contributed by atoms with Crippen LogP contribution in [0.15, 0.2) is 237 Å². The predicted octanol–water partition coefficient (Wildman–Crippen LogP) is 17.9. The molecule has 11 aromatic carbocycles. The number of nitrogens with zero attached hydrogens (tertiary/aromatic N) is 8. The van der Waals surface area contributed by atoms with Gasteiger partial charge in [0.15, 0.2) is 5.75 Å². The maximum absolute atomic E-state index is 13.9. The zero-order valence-corrected chi connectivity index (χ0v) is 48.0. The summed E-state index contributed by atoms with van der Waals surface area (Å²) in [5.41, 5.74) is 14.8. The molecule has 0 saturated heterocycles. The molecule has 0 aliphatic rings. The fourth-order valence-corrected chi connectivity index (χ4v) is 10.9. The van der Waals surface area contributed by atoms with Crippen molar-refractivity contribution in [3.8, 4) is 11.5 Å². The number of fused-ring (bicyclic) bond motifs is 10. The molecule has 13 rings (SSSR count). The van der Waals surface area contributed by atoms with E-state index in [2.05, 4.69) is 52.0 Å². The largest absolute Gasteiger partial charge is 0.505 e. The van der Waals surface area contributed by atoms with Crippen LogP contribution in [0.25, 0.3) is 65.2 Å². The summed E-state index contributed by atoms with van der Waals surface area (Å²) in [6.07, 6.45) is 0. The number of para-hydroxylation sites is 2. The molecule has 0 spiro atoms. The van der Waals surface area contributed by atoms with Crippen LogP contribution in [0.2, 0.25) is 0 Å². The van der Waals surface area contributed by atoms with E-state index in [0.29, 0.717) is 44.3 Å². The number of amides is 3. The van der Waals surface area contributed by atoms with E-state index in [9.17, 15) is 29.9 Å². The number of rotatable bonds is 18. The number of H-pyrrole nitrogens is 2. The molecule has 13 aromatic rings. The quantitative estimate of drug-likeness (QED) is 0.0131. The summed E-state index contributed by atoms with van der Waals surface area (Å²) in [6.45, 7) is 1.98. The lowest BCUT2D eigenvalue weighted by Gasteiger charge is -2.25. The number of non-ortho nitro benzene ring substituents is 1. The Labute approximate surface area is 510 Å². The number of nitro groups is 1. The number of hydrogen-bond donors (Lipinski definition) is 8. The summed E-state index contributed by atoms with van der Waals surface area (Å²) in [5, 5.41) is 73.1. The number of hydrogen-bond acceptors (Lipinski definition) is 17. The molecule has 90 heavy (non-hydrogen) atoms. The molecule has 3 amide bonds. The summed E-state index contributed by atoms with van der Waals surface area (Å²) < 4.78 is 0. The molecular formula is C68H52N14O8. The highest BCUT2D eigenvalue weighted by Gasteiger charge is 2.24. The standard InChI is InChI=1S/C68H52N14O8/c1-39-9-7-11-47(33-39)80-90-38-70-89-37-42-34-40-17-31-54-52-13-3-5-15-57(52)72-61(54)59(40)63(65(42)83)78-76-44-21-27-49(28-22-44)81(48-25-19-43(20-26-48)75-69-2)50-29-23-45(24-30-50)77-79-64-60-41(18-32-55-53-14-4-6-16-58(53)73-62(55)60)35-56(66(64)84)67(85)74-68(86)71-46-10-8-12-51(36-46)82(87)88/h3-36,70,72-73,80,83-84H,37-38H2,1-2H3,(H2,71,74,85,86). The second-order valence-corrected chi connectivity index (χ2v) is 20.9. The number of nitro benzene ring substituents is 1. The van der Waals surface area contributed by atoms with Crippen LogP contribution in [0.1, 0.15) is 21.5 Å². The average molecular weight is 1190 g/mol. The Balaban J connectivity index is 0.804. The van der Waals surface area contributed by atoms with Crippen molar-refractivity contribution in [3.63, 3.8) is 0 Å². The Morgan fingerprint density at radius 3 is 1.69 bits per heavy atom. The van der Waals surface area contributed by atoms with Crippen LogP contribution in [0, 0.1) is 17.0 Å². The molecular weight excluding hydrogens is 1140 g/mol. The number of aromatic nitrogens is 2. The number of aromatic amines is 2. The van der Waals surface area contributed by atoms with Gasteiger partial charge in [0.2, 0.25) is 0 Å². The van der Waals surface area contributed by atoms with Crippen molar-refractivity contribution < 1.29 is 34.4 Å². The van der Waals surface area contributed by atoms with Gasteiger partial charge in [-0.3, -0.25) is 35.4 Å². The lowest BCUT2D eigenvalue weighted by molar-refractivity contribution is -0.384. The van der Waals surface area contributed by atoms with Gasteiger partial charge in [-0.05, 0) is 139 Å². The Hall–Kier alpha value is -12.2. The zero-order valence-electron chi connectivity index (χ0n) is 48.0. The third-order valence-electron chi connectivity index (χ3n) is 15.1. The molecule has 2 heterocycles. The second-order valence-electron chi connectivity index (χ2n) is 20.9. The maximum atomic E-state index is 13.9. The van der Waals surface area contributed by atoms with Crippen LogP contribution in [-0.4, -0.2) is 50.8 Å². The molecule has 0 radical (unpaired) electrons. The van der Waals surface area contributed by atoms with E-state index in [1.165, 1.54) is 24.3 Å². The minimum absolute atomic E-state index is 0.00877. The second kappa shape index (κ2) is 24.6. The van der Waals surface area contributed by atoms with E-state index in [1.807, 2.05) is 170 Å². The number of urea groups is 1. The molecule has 442 valence electrons. The normalized spacial score (nSPS) is 11.8. The monoisotopic (exact) mass is 1190 g/mol. The lowest BCUT2D eigenvalue weighted by Crippen LogP contribution is -2.34. The zero-order chi connectivity index (χ0) is 61.8. The third kappa shape index (κ3) is 11.5. The topological polar surface area (TPSA) is 293 Å². The van der Waals surface area contributed by atoms with Gasteiger partial charge < -0.3 is 30.4 Å². The number of anilines is 5. The van der Waals surface area contributed by atoms with Gasteiger partial charge in [0.1, 0.15) is 23.9 Å². The van der Waals surface area contributed by atoms with Crippen molar-refractivity contribution >= 4 is 140 Å². The van der Waals surface area contributed by atoms with E-state index >= 15 is 0 Å². The summed E-state index contributed by atoms with van der Waals surface area (Å²) in [5.74, 6) is -1.62. The first-order valence-corrected chi connectivity index (χ1v) is 28.2. The number of phenols is 2. The number of carbonyl (C=O) groups is 2. The van der Waals surface area contributed by atoms with Gasteiger partial charge in [0.05, 0.1) is 50.9 Å². The van der Waals surface area contributed by atoms with E-state index in [4.69, 9.17) is 19.9 Å². The van der Waals surface area contributed by atoms with E-state index in [1.54, 1.807) is 25.2 Å². The van der Waals surface area contributed by atoms with Crippen LogP contribution in [0.3, 0.4) is 0 Å². The van der Waals surface area contributed by atoms with Crippen molar-refractivity contribution in [1.29, 1.82) is 0 Å². The molecule has 8 N–H and O–H groups in total. The number of imide groups is 1. The van der Waals surface area contributed by atoms with Gasteiger partial charge in [-0.1, -0.05) is 78.9 Å². The van der Waals surface area contributed by atoms with Gasteiger partial charge in [-0.25, -0.2) is 4.79 Å². The average Bonchev–Trinajstić information content (AvgIpc) is 1.51. The number of aromatic hydroxyl groups is 2. The minimum Gasteiger partial charge on any atom is -0.505 e. The molecule has 22 heteroatoms. The first-order valence-electron chi connectivity index (χ1n) is 28.2. The highest BCUT2D eigenvalue weighted by atomic mass is 16.7. The Kier molecular flexibility index (Phi) is 15.6. The summed E-state index contributed by atoms with van der Waals surface area (Å²) >= 11 is 0. The number of azo groups is 3. The predicted molar refractivity (Wildman–Crippen MR) is 348 cm³/mol. The highest BCUT2D eigenvalue weighted by molar-refractivity contribution is 6.23. The van der Waals surface area contributed by atoms with Gasteiger partial charge >= 0.3 is 6.03 Å². The van der Waals surface area contributed by atoms with E-state index in [-0.39, 0.29) is 47.4 Å². The van der Waals surface area contributed by atoms with Crippen LogP contribution in [0.5, 0.6) is 11.5 Å². The van der Waals surface area contributed by atoms with Gasteiger partial charge in [0, 0.05) is 90.8 Å². The number of aryl methyl sites for hydroxylation is 1. The van der Waals surface area contributed by atoms with Crippen molar-refractivity contribution in [2.45, 2.75) is 13.5 Å². The molecule has 2 aromatic heterocycles. The number of benzene rings is 11. The third-order valence-corrected chi connectivity index (χ3v) is 15.1. The van der Waals surface area contributed by atoms with Crippen molar-refractivity contribution in [2.75, 3.05) is 29.5 Å². The number of carbonyl (C=O) groups excluding carboxylic acids is 2. The summed E-state index contributed by atoms with van der Waals surface area (Å²) in [4.78, 5) is 58.1. The SMILES string of the molecule is CN=Nc1ccc(N(c2ccc(N=Nc3c(O)c(CONCONc4cccc(C)c4)cc4ccc5c6ccccc6[nH]c5c34)cc2)c2ccc(N=Nc3c(O)c(C(=O)NC(=O)Nc4cccc([N+](=O)[O-])c4)cc4ccc5c6ccccc6[nH]c5c34)cc2)cc1. The van der Waals surface area contributed by atoms with Gasteiger partial charge in [-0.2, -0.15) is 25.9 Å². The van der Waals surface area contributed by atoms with Crippen LogP contribution >= 0.6 is 0 Å². The highest BCUT2D eigenvalue weighted by Crippen LogP contribution is 2.47. The van der Waals surface area contributed by atoms with Crippen LogP contribution in [-0.2, 0) is 16.3 Å².